The average molecular weight is 270 g/mol. The van der Waals surface area contributed by atoms with Gasteiger partial charge in [-0.05, 0) is 11.6 Å². The summed E-state index contributed by atoms with van der Waals surface area (Å²) in [6, 6.07) is 4.85. The molecule has 0 fully saturated rings. The molecule has 78 valence electrons. The summed E-state index contributed by atoms with van der Waals surface area (Å²) in [6.07, 6.45) is 0. The second-order valence-corrected chi connectivity index (χ2v) is 3.29. The van der Waals surface area contributed by atoms with Crippen molar-refractivity contribution >= 4 is 21.9 Å². The van der Waals surface area contributed by atoms with Crippen molar-refractivity contribution in [3.63, 3.8) is 0 Å². The van der Waals surface area contributed by atoms with Crippen LogP contribution in [-0.2, 0) is 10.1 Å². The number of esters is 1. The number of rotatable bonds is 2. The first-order valence-electron chi connectivity index (χ1n) is 4.05. The number of benzene rings is 1. The first-order valence-corrected chi connectivity index (χ1v) is 5.17. The lowest BCUT2D eigenvalue weighted by atomic mass is 10.0. The highest BCUT2D eigenvalue weighted by atomic mass is 79.9. The molecule has 0 heterocycles. The van der Waals surface area contributed by atoms with Gasteiger partial charge >= 0.3 is 5.97 Å². The van der Waals surface area contributed by atoms with Crippen molar-refractivity contribution in [3.8, 4) is 11.8 Å². The van der Waals surface area contributed by atoms with Crippen LogP contribution >= 0.6 is 15.9 Å². The van der Waals surface area contributed by atoms with Gasteiger partial charge in [0.2, 0.25) is 0 Å². The molecule has 0 radical (unpaired) electrons. The Hall–Kier alpha value is -1.54. The number of phenolic OH excluding ortho intramolecular Hbond substituents is 1. The fourth-order valence-corrected chi connectivity index (χ4v) is 1.63. The molecule has 1 N–H and O–H groups in total. The Morgan fingerprint density at radius 3 is 2.80 bits per heavy atom. The van der Waals surface area contributed by atoms with Gasteiger partial charge in [0.1, 0.15) is 17.4 Å². The molecule has 4 nitrogen and oxygen atoms in total. The molecule has 0 aliphatic rings. The number of aromatic hydroxyl groups is 1. The Bertz CT molecular complexity index is 437. The zero-order chi connectivity index (χ0) is 11.4. The second kappa shape index (κ2) is 4.80. The van der Waals surface area contributed by atoms with Gasteiger partial charge in [0.15, 0.2) is 0 Å². The lowest BCUT2D eigenvalue weighted by Gasteiger charge is -2.08. The third kappa shape index (κ3) is 2.10. The molecule has 1 aromatic carbocycles. The Labute approximate surface area is 95.2 Å². The number of halogens is 1. The summed E-state index contributed by atoms with van der Waals surface area (Å²) in [4.78, 5) is 11.4. The largest absolute Gasteiger partial charge is 0.506 e. The smallest absolute Gasteiger partial charge is 0.341 e. The van der Waals surface area contributed by atoms with Crippen LogP contribution in [0.4, 0.5) is 0 Å². The Morgan fingerprint density at radius 1 is 1.67 bits per heavy atom. The van der Waals surface area contributed by atoms with Crippen LogP contribution in [0, 0.1) is 11.3 Å². The van der Waals surface area contributed by atoms with Crippen LogP contribution in [-0.4, -0.2) is 18.2 Å². The zero-order valence-corrected chi connectivity index (χ0v) is 9.54. The van der Waals surface area contributed by atoms with E-state index in [1.165, 1.54) is 13.2 Å². The van der Waals surface area contributed by atoms with E-state index in [-0.39, 0.29) is 16.9 Å². The highest BCUT2D eigenvalue weighted by Crippen LogP contribution is 2.27. The molecule has 0 atom stereocenters. The van der Waals surface area contributed by atoms with Crippen molar-refractivity contribution in [2.45, 2.75) is 5.33 Å². The molecule has 5 heteroatoms. The van der Waals surface area contributed by atoms with E-state index >= 15 is 0 Å². The number of phenols is 1. The van der Waals surface area contributed by atoms with Gasteiger partial charge in [0, 0.05) is 5.33 Å². The first kappa shape index (κ1) is 11.5. The number of ether oxygens (including phenoxy) is 1. The predicted octanol–water partition coefficient (Wildman–Crippen LogP) is 1.95. The van der Waals surface area contributed by atoms with Gasteiger partial charge < -0.3 is 9.84 Å². The molecule has 0 saturated carbocycles. The summed E-state index contributed by atoms with van der Waals surface area (Å²) < 4.78 is 4.53. The van der Waals surface area contributed by atoms with Gasteiger partial charge in [-0.1, -0.05) is 22.0 Å². The van der Waals surface area contributed by atoms with Gasteiger partial charge in [0.05, 0.1) is 12.7 Å². The molecule has 0 aromatic heterocycles. The maximum Gasteiger partial charge on any atom is 0.341 e. The van der Waals surface area contributed by atoms with Gasteiger partial charge in [-0.2, -0.15) is 5.26 Å². The summed E-state index contributed by atoms with van der Waals surface area (Å²) >= 11 is 3.18. The molecule has 15 heavy (non-hydrogen) atoms. The predicted molar refractivity (Wildman–Crippen MR) is 56.8 cm³/mol. The third-order valence-electron chi connectivity index (χ3n) is 1.92. The van der Waals surface area contributed by atoms with Crippen LogP contribution in [0.1, 0.15) is 21.5 Å². The lowest BCUT2D eigenvalue weighted by molar-refractivity contribution is 0.0596. The van der Waals surface area contributed by atoms with Crippen molar-refractivity contribution in [3.05, 3.63) is 28.8 Å². The van der Waals surface area contributed by atoms with E-state index in [9.17, 15) is 9.90 Å². The topological polar surface area (TPSA) is 70.3 Å². The third-order valence-corrected chi connectivity index (χ3v) is 2.52. The highest BCUT2D eigenvalue weighted by molar-refractivity contribution is 9.08. The van der Waals surface area contributed by atoms with E-state index in [1.54, 1.807) is 12.1 Å². The monoisotopic (exact) mass is 269 g/mol. The molecule has 0 aliphatic carbocycles. The molecule has 0 aliphatic heterocycles. The molecule has 1 aromatic rings. The van der Waals surface area contributed by atoms with E-state index in [4.69, 9.17) is 5.26 Å². The SMILES string of the molecule is COC(=O)c1c(CBr)ccc(C#N)c1O. The molecular weight excluding hydrogens is 262 g/mol. The molecule has 0 unspecified atom stereocenters. The van der Waals surface area contributed by atoms with Crippen LogP contribution in [0.25, 0.3) is 0 Å². The molecule has 0 saturated heterocycles. The van der Waals surface area contributed by atoms with E-state index in [0.717, 1.165) is 0 Å². The Morgan fingerprint density at radius 2 is 2.33 bits per heavy atom. The van der Waals surface area contributed by atoms with Crippen LogP contribution in [0.3, 0.4) is 0 Å². The summed E-state index contributed by atoms with van der Waals surface area (Å²) in [7, 11) is 1.22. The number of methoxy groups -OCH3 is 1. The van der Waals surface area contributed by atoms with Gasteiger partial charge in [-0.15, -0.1) is 0 Å². The van der Waals surface area contributed by atoms with Crippen molar-refractivity contribution in [1.82, 2.24) is 0 Å². The summed E-state index contributed by atoms with van der Waals surface area (Å²) in [5.74, 6) is -0.986. The maximum absolute atomic E-state index is 11.4. The highest BCUT2D eigenvalue weighted by Gasteiger charge is 2.19. The minimum Gasteiger partial charge on any atom is -0.506 e. The molecular formula is C10H8BrNO3. The van der Waals surface area contributed by atoms with Crippen LogP contribution in [0.2, 0.25) is 0 Å². The molecule has 1 rings (SSSR count). The number of nitriles is 1. The van der Waals surface area contributed by atoms with Crippen LogP contribution in [0.5, 0.6) is 5.75 Å². The van der Waals surface area contributed by atoms with E-state index in [2.05, 4.69) is 20.7 Å². The first-order chi connectivity index (χ1) is 7.15. The van der Waals surface area contributed by atoms with Gasteiger partial charge in [-0.3, -0.25) is 0 Å². The van der Waals surface area contributed by atoms with Gasteiger partial charge in [-0.25, -0.2) is 4.79 Å². The van der Waals surface area contributed by atoms with Crippen LogP contribution in [0.15, 0.2) is 12.1 Å². The zero-order valence-electron chi connectivity index (χ0n) is 7.95. The maximum atomic E-state index is 11.4. The average Bonchev–Trinajstić information content (AvgIpc) is 2.27. The number of carbonyl (C=O) groups is 1. The van der Waals surface area contributed by atoms with Gasteiger partial charge in [0.25, 0.3) is 0 Å². The summed E-state index contributed by atoms with van der Waals surface area (Å²) in [5.41, 5.74) is 0.673. The van der Waals surface area contributed by atoms with E-state index in [0.29, 0.717) is 10.9 Å². The molecule has 0 spiro atoms. The van der Waals surface area contributed by atoms with Crippen molar-refractivity contribution in [1.29, 1.82) is 5.26 Å². The fourth-order valence-electron chi connectivity index (χ4n) is 1.16. The number of alkyl halides is 1. The Kier molecular flexibility index (Phi) is 3.69. The number of nitrogens with zero attached hydrogens (tertiary/aromatic N) is 1. The number of carbonyl (C=O) groups excluding carboxylic acids is 1. The lowest BCUT2D eigenvalue weighted by Crippen LogP contribution is -2.06. The quantitative estimate of drug-likeness (QED) is 0.658. The molecule has 0 amide bonds. The number of hydrogen-bond donors (Lipinski definition) is 1. The summed E-state index contributed by atoms with van der Waals surface area (Å²) in [5, 5.41) is 18.7. The van der Waals surface area contributed by atoms with Crippen molar-refractivity contribution < 1.29 is 14.6 Å². The molecule has 0 bridgehead atoms. The second-order valence-electron chi connectivity index (χ2n) is 2.73. The Balaban J connectivity index is 3.44. The number of hydrogen-bond acceptors (Lipinski definition) is 4. The fraction of sp³-hybridized carbons (Fsp3) is 0.200. The minimum atomic E-state index is -0.654. The standard InChI is InChI=1S/C10H8BrNO3/c1-15-10(14)8-6(4-11)2-3-7(5-12)9(8)13/h2-3,13H,4H2,1H3. The normalized spacial score (nSPS) is 9.40. The van der Waals surface area contributed by atoms with E-state index < -0.39 is 5.97 Å². The van der Waals surface area contributed by atoms with Crippen molar-refractivity contribution in [2.24, 2.45) is 0 Å². The van der Waals surface area contributed by atoms with Crippen LogP contribution < -0.4 is 0 Å². The summed E-state index contributed by atoms with van der Waals surface area (Å²) in [6.45, 7) is 0. The minimum absolute atomic E-state index is 0.0356. The van der Waals surface area contributed by atoms with Crippen molar-refractivity contribution in [2.75, 3.05) is 7.11 Å². The van der Waals surface area contributed by atoms with E-state index in [1.807, 2.05) is 0 Å².